The van der Waals surface area contributed by atoms with Gasteiger partial charge in [0.2, 0.25) is 0 Å². The molecule has 0 amide bonds. The normalized spacial score (nSPS) is 11.9. The number of rotatable bonds is 2. The molecule has 0 radical (unpaired) electrons. The molecule has 1 aromatic carbocycles. The molecule has 0 aliphatic heterocycles. The second-order valence-electron chi connectivity index (χ2n) is 4.29. The van der Waals surface area contributed by atoms with E-state index in [9.17, 15) is 0 Å². The number of pyridine rings is 1. The maximum Gasteiger partial charge on any atom is 0.0702 e. The summed E-state index contributed by atoms with van der Waals surface area (Å²) in [6.45, 7) is 4.34. The molecule has 78 valence electrons. The van der Waals surface area contributed by atoms with Gasteiger partial charge in [-0.2, -0.15) is 0 Å². The van der Waals surface area contributed by atoms with E-state index in [-0.39, 0.29) is 5.54 Å². The highest BCUT2D eigenvalue weighted by Crippen LogP contribution is 2.22. The van der Waals surface area contributed by atoms with Crippen molar-refractivity contribution in [3.05, 3.63) is 42.1 Å². The summed E-state index contributed by atoms with van der Waals surface area (Å²) in [7, 11) is 1.98. The lowest BCUT2D eigenvalue weighted by Gasteiger charge is -2.24. The van der Waals surface area contributed by atoms with Crippen molar-refractivity contribution in [1.82, 2.24) is 10.3 Å². The molecule has 1 aromatic heterocycles. The highest BCUT2D eigenvalue weighted by atomic mass is 14.9. The molecular weight excluding hydrogens is 184 g/mol. The first-order valence-corrected chi connectivity index (χ1v) is 5.18. The van der Waals surface area contributed by atoms with Gasteiger partial charge in [-0.3, -0.25) is 4.98 Å². The van der Waals surface area contributed by atoms with Crippen molar-refractivity contribution in [2.24, 2.45) is 0 Å². The number of nitrogens with zero attached hydrogens (tertiary/aromatic N) is 1. The number of aromatic nitrogens is 1. The topological polar surface area (TPSA) is 24.9 Å². The summed E-state index contributed by atoms with van der Waals surface area (Å²) < 4.78 is 0. The predicted octanol–water partition coefficient (Wildman–Crippen LogP) is 2.69. The third-order valence-electron chi connectivity index (χ3n) is 2.95. The molecule has 2 heteroatoms. The largest absolute Gasteiger partial charge is 0.311 e. The molecule has 2 nitrogen and oxygen atoms in total. The van der Waals surface area contributed by atoms with Crippen molar-refractivity contribution in [3.8, 4) is 0 Å². The van der Waals surface area contributed by atoms with Crippen LogP contribution in [-0.2, 0) is 5.54 Å². The third kappa shape index (κ3) is 1.85. The SMILES string of the molecule is CNC(C)(C)c1ccc2ncccc2c1. The molecule has 0 spiro atoms. The van der Waals surface area contributed by atoms with Crippen LogP contribution >= 0.6 is 0 Å². The molecule has 0 aliphatic rings. The average Bonchev–Trinajstić information content (AvgIpc) is 2.28. The molecule has 0 fully saturated rings. The number of fused-ring (bicyclic) bond motifs is 1. The lowest BCUT2D eigenvalue weighted by atomic mass is 9.93. The van der Waals surface area contributed by atoms with Gasteiger partial charge in [0.25, 0.3) is 0 Å². The summed E-state index contributed by atoms with van der Waals surface area (Å²) in [5, 5.41) is 4.49. The van der Waals surface area contributed by atoms with Crippen molar-refractivity contribution >= 4 is 10.9 Å². The van der Waals surface area contributed by atoms with Crippen molar-refractivity contribution < 1.29 is 0 Å². The van der Waals surface area contributed by atoms with Crippen LogP contribution in [0.15, 0.2) is 36.5 Å². The Balaban J connectivity index is 2.56. The predicted molar refractivity (Wildman–Crippen MR) is 63.8 cm³/mol. The van der Waals surface area contributed by atoms with Crippen molar-refractivity contribution in [2.45, 2.75) is 19.4 Å². The van der Waals surface area contributed by atoms with Gasteiger partial charge in [-0.15, -0.1) is 0 Å². The standard InChI is InChI=1S/C13H16N2/c1-13(2,14-3)11-6-7-12-10(9-11)5-4-8-15-12/h4-9,14H,1-3H3. The first-order valence-electron chi connectivity index (χ1n) is 5.18. The van der Waals surface area contributed by atoms with Gasteiger partial charge in [0.05, 0.1) is 5.52 Å². The van der Waals surface area contributed by atoms with E-state index in [0.717, 1.165) is 5.52 Å². The fourth-order valence-electron chi connectivity index (χ4n) is 1.61. The first-order chi connectivity index (χ1) is 7.13. The van der Waals surface area contributed by atoms with Crippen LogP contribution in [0.4, 0.5) is 0 Å². The maximum atomic E-state index is 4.31. The van der Waals surface area contributed by atoms with E-state index in [4.69, 9.17) is 0 Å². The van der Waals surface area contributed by atoms with Crippen LogP contribution in [0.25, 0.3) is 10.9 Å². The Hall–Kier alpha value is -1.41. The number of hydrogen-bond donors (Lipinski definition) is 1. The summed E-state index contributed by atoms with van der Waals surface area (Å²) in [6, 6.07) is 10.5. The highest BCUT2D eigenvalue weighted by Gasteiger charge is 2.17. The van der Waals surface area contributed by atoms with Gasteiger partial charge in [-0.1, -0.05) is 12.1 Å². The quantitative estimate of drug-likeness (QED) is 0.806. The fraction of sp³-hybridized carbons (Fsp3) is 0.308. The van der Waals surface area contributed by atoms with Crippen molar-refractivity contribution in [2.75, 3.05) is 7.05 Å². The summed E-state index contributed by atoms with van der Waals surface area (Å²) in [4.78, 5) is 4.31. The van der Waals surface area contributed by atoms with Crippen LogP contribution in [0, 0.1) is 0 Å². The molecule has 0 bridgehead atoms. The van der Waals surface area contributed by atoms with E-state index >= 15 is 0 Å². The van der Waals surface area contributed by atoms with E-state index in [2.05, 4.69) is 48.4 Å². The Morgan fingerprint density at radius 3 is 2.73 bits per heavy atom. The zero-order valence-corrected chi connectivity index (χ0v) is 9.41. The van der Waals surface area contributed by atoms with E-state index < -0.39 is 0 Å². The van der Waals surface area contributed by atoms with Gasteiger partial charge >= 0.3 is 0 Å². The van der Waals surface area contributed by atoms with Gasteiger partial charge in [-0.05, 0) is 44.7 Å². The van der Waals surface area contributed by atoms with E-state index in [0.29, 0.717) is 0 Å². The Bertz CT molecular complexity index is 475. The molecule has 0 atom stereocenters. The van der Waals surface area contributed by atoms with Crippen LogP contribution in [0.1, 0.15) is 19.4 Å². The van der Waals surface area contributed by atoms with Crippen LogP contribution in [0.3, 0.4) is 0 Å². The summed E-state index contributed by atoms with van der Waals surface area (Å²) >= 11 is 0. The zero-order chi connectivity index (χ0) is 10.9. The molecule has 1 N–H and O–H groups in total. The van der Waals surface area contributed by atoms with Gasteiger partial charge in [-0.25, -0.2) is 0 Å². The second kappa shape index (κ2) is 3.63. The summed E-state index contributed by atoms with van der Waals surface area (Å²) in [5.41, 5.74) is 2.34. The minimum atomic E-state index is 0.00400. The van der Waals surface area contributed by atoms with Crippen LogP contribution in [-0.4, -0.2) is 12.0 Å². The Morgan fingerprint density at radius 1 is 1.20 bits per heavy atom. The molecule has 2 rings (SSSR count). The van der Waals surface area contributed by atoms with Crippen molar-refractivity contribution in [1.29, 1.82) is 0 Å². The van der Waals surface area contributed by atoms with Gasteiger partial charge in [0.15, 0.2) is 0 Å². The Morgan fingerprint density at radius 2 is 2.00 bits per heavy atom. The molecule has 0 saturated carbocycles. The second-order valence-corrected chi connectivity index (χ2v) is 4.29. The number of hydrogen-bond acceptors (Lipinski definition) is 2. The third-order valence-corrected chi connectivity index (χ3v) is 2.95. The summed E-state index contributed by atoms with van der Waals surface area (Å²) in [6.07, 6.45) is 1.82. The van der Waals surface area contributed by atoms with Crippen LogP contribution < -0.4 is 5.32 Å². The lowest BCUT2D eigenvalue weighted by Crippen LogP contribution is -2.32. The Labute approximate surface area is 90.3 Å². The van der Waals surface area contributed by atoms with Crippen molar-refractivity contribution in [3.63, 3.8) is 0 Å². The maximum absolute atomic E-state index is 4.31. The Kier molecular flexibility index (Phi) is 2.45. The van der Waals surface area contributed by atoms with Crippen LogP contribution in [0.5, 0.6) is 0 Å². The summed E-state index contributed by atoms with van der Waals surface area (Å²) in [5.74, 6) is 0. The monoisotopic (exact) mass is 200 g/mol. The first kappa shape index (κ1) is 10.1. The molecule has 0 aliphatic carbocycles. The molecular formula is C13H16N2. The molecule has 0 unspecified atom stereocenters. The minimum Gasteiger partial charge on any atom is -0.311 e. The van der Waals surface area contributed by atoms with E-state index in [1.165, 1.54) is 10.9 Å². The average molecular weight is 200 g/mol. The van der Waals surface area contributed by atoms with Gasteiger partial charge in [0, 0.05) is 17.1 Å². The van der Waals surface area contributed by atoms with Gasteiger partial charge < -0.3 is 5.32 Å². The zero-order valence-electron chi connectivity index (χ0n) is 9.41. The smallest absolute Gasteiger partial charge is 0.0702 e. The number of benzene rings is 1. The molecule has 15 heavy (non-hydrogen) atoms. The van der Waals surface area contributed by atoms with E-state index in [1.54, 1.807) is 0 Å². The highest BCUT2D eigenvalue weighted by molar-refractivity contribution is 5.79. The molecule has 0 saturated heterocycles. The van der Waals surface area contributed by atoms with Gasteiger partial charge in [0.1, 0.15) is 0 Å². The fourth-order valence-corrected chi connectivity index (χ4v) is 1.61. The van der Waals surface area contributed by atoms with E-state index in [1.807, 2.05) is 19.3 Å². The van der Waals surface area contributed by atoms with Crippen LogP contribution in [0.2, 0.25) is 0 Å². The number of nitrogens with one attached hydrogen (secondary N) is 1. The molecule has 2 aromatic rings. The minimum absolute atomic E-state index is 0.00400. The molecule has 1 heterocycles. The lowest BCUT2D eigenvalue weighted by molar-refractivity contribution is 0.445.